The average molecular weight is 215 g/mol. The van der Waals surface area contributed by atoms with Gasteiger partial charge in [0.1, 0.15) is 0 Å². The first kappa shape index (κ1) is 10.8. The van der Waals surface area contributed by atoms with Gasteiger partial charge in [0.2, 0.25) is 0 Å². The number of hydrogen-bond acceptors (Lipinski definition) is 3. The molecule has 3 N–H and O–H groups in total. The number of hydrogen-bond donors (Lipinski definition) is 2. The van der Waals surface area contributed by atoms with Crippen molar-refractivity contribution in [1.82, 2.24) is 0 Å². The van der Waals surface area contributed by atoms with E-state index in [1.54, 1.807) is 12.1 Å². The summed E-state index contributed by atoms with van der Waals surface area (Å²) in [5, 5.41) is 12.2. The minimum atomic E-state index is 0.656. The molecule has 0 aliphatic heterocycles. The Morgan fingerprint density at radius 1 is 1.38 bits per heavy atom. The molecule has 2 rings (SSSR count). The van der Waals surface area contributed by atoms with Gasteiger partial charge in [0, 0.05) is 6.54 Å². The van der Waals surface area contributed by atoms with E-state index in [2.05, 4.69) is 11.4 Å². The van der Waals surface area contributed by atoms with Crippen molar-refractivity contribution in [2.24, 2.45) is 5.92 Å². The van der Waals surface area contributed by atoms with Gasteiger partial charge in [-0.3, -0.25) is 0 Å². The molecule has 0 atom stereocenters. The molecule has 1 saturated carbocycles. The van der Waals surface area contributed by atoms with Crippen LogP contribution in [0.5, 0.6) is 0 Å². The van der Waals surface area contributed by atoms with Crippen molar-refractivity contribution in [3.8, 4) is 6.07 Å². The molecule has 0 amide bonds. The fraction of sp³-hybridized carbons (Fsp3) is 0.462. The highest BCUT2D eigenvalue weighted by Crippen LogP contribution is 2.26. The first-order chi connectivity index (χ1) is 7.79. The van der Waals surface area contributed by atoms with Crippen LogP contribution < -0.4 is 11.1 Å². The summed E-state index contributed by atoms with van der Waals surface area (Å²) >= 11 is 0. The molecule has 0 saturated heterocycles. The SMILES string of the molecule is N#Cc1ccc(N)c(NCC2CCCC2)c1. The number of benzene rings is 1. The number of rotatable bonds is 3. The Kier molecular flexibility index (Phi) is 3.31. The lowest BCUT2D eigenvalue weighted by atomic mass is 10.1. The second-order valence-corrected chi connectivity index (χ2v) is 4.45. The van der Waals surface area contributed by atoms with Crippen LogP contribution in [0.2, 0.25) is 0 Å². The van der Waals surface area contributed by atoms with Crippen LogP contribution in [0.25, 0.3) is 0 Å². The normalized spacial score (nSPS) is 15.9. The summed E-state index contributed by atoms with van der Waals surface area (Å²) in [6.45, 7) is 0.971. The van der Waals surface area contributed by atoms with E-state index in [0.717, 1.165) is 23.8 Å². The molecule has 84 valence electrons. The smallest absolute Gasteiger partial charge is 0.0992 e. The highest BCUT2D eigenvalue weighted by molar-refractivity contribution is 5.68. The fourth-order valence-corrected chi connectivity index (χ4v) is 2.25. The van der Waals surface area contributed by atoms with Crippen molar-refractivity contribution in [3.63, 3.8) is 0 Å². The summed E-state index contributed by atoms with van der Waals surface area (Å²) in [6.07, 6.45) is 5.32. The van der Waals surface area contributed by atoms with E-state index in [0.29, 0.717) is 5.56 Å². The summed E-state index contributed by atoms with van der Waals surface area (Å²) in [5.74, 6) is 0.769. The van der Waals surface area contributed by atoms with Gasteiger partial charge in [-0.25, -0.2) is 0 Å². The number of nitrogens with zero attached hydrogens (tertiary/aromatic N) is 1. The third-order valence-electron chi connectivity index (χ3n) is 3.24. The molecule has 1 aliphatic rings. The molecule has 0 spiro atoms. The van der Waals surface area contributed by atoms with Gasteiger partial charge in [-0.2, -0.15) is 5.26 Å². The van der Waals surface area contributed by atoms with Gasteiger partial charge in [-0.05, 0) is 37.0 Å². The molecule has 0 unspecified atom stereocenters. The maximum Gasteiger partial charge on any atom is 0.0992 e. The fourth-order valence-electron chi connectivity index (χ4n) is 2.25. The number of nitrogens with one attached hydrogen (secondary N) is 1. The lowest BCUT2D eigenvalue weighted by molar-refractivity contribution is 0.580. The molecule has 3 heteroatoms. The van der Waals surface area contributed by atoms with Gasteiger partial charge in [0.05, 0.1) is 23.0 Å². The molecule has 1 aromatic carbocycles. The van der Waals surface area contributed by atoms with Crippen molar-refractivity contribution < 1.29 is 0 Å². The minimum Gasteiger partial charge on any atom is -0.397 e. The van der Waals surface area contributed by atoms with E-state index < -0.39 is 0 Å². The van der Waals surface area contributed by atoms with Gasteiger partial charge >= 0.3 is 0 Å². The molecule has 3 nitrogen and oxygen atoms in total. The van der Waals surface area contributed by atoms with Gasteiger partial charge in [0.25, 0.3) is 0 Å². The van der Waals surface area contributed by atoms with E-state index in [1.165, 1.54) is 25.7 Å². The van der Waals surface area contributed by atoms with Crippen molar-refractivity contribution in [2.45, 2.75) is 25.7 Å². The third kappa shape index (κ3) is 2.46. The summed E-state index contributed by atoms with van der Waals surface area (Å²) in [7, 11) is 0. The van der Waals surface area contributed by atoms with Crippen LogP contribution in [0, 0.1) is 17.2 Å². The zero-order chi connectivity index (χ0) is 11.4. The standard InChI is InChI=1S/C13H17N3/c14-8-11-5-6-12(15)13(7-11)16-9-10-3-1-2-4-10/h5-7,10,16H,1-4,9,15H2. The zero-order valence-corrected chi connectivity index (χ0v) is 9.37. The highest BCUT2D eigenvalue weighted by Gasteiger charge is 2.14. The van der Waals surface area contributed by atoms with Crippen LogP contribution >= 0.6 is 0 Å². The van der Waals surface area contributed by atoms with Gasteiger partial charge in [0.15, 0.2) is 0 Å². The Morgan fingerprint density at radius 3 is 2.81 bits per heavy atom. The zero-order valence-electron chi connectivity index (χ0n) is 9.37. The molecule has 16 heavy (non-hydrogen) atoms. The molecule has 0 bridgehead atoms. The molecule has 0 aromatic heterocycles. The average Bonchev–Trinajstić information content (AvgIpc) is 2.81. The third-order valence-corrected chi connectivity index (χ3v) is 3.24. The summed E-state index contributed by atoms with van der Waals surface area (Å²) in [5.41, 5.74) is 8.13. The largest absolute Gasteiger partial charge is 0.397 e. The van der Waals surface area contributed by atoms with E-state index >= 15 is 0 Å². The van der Waals surface area contributed by atoms with Crippen molar-refractivity contribution in [1.29, 1.82) is 5.26 Å². The molecule has 0 heterocycles. The maximum atomic E-state index is 8.81. The minimum absolute atomic E-state index is 0.656. The molecule has 1 fully saturated rings. The topological polar surface area (TPSA) is 61.8 Å². The van der Waals surface area contributed by atoms with Crippen LogP contribution in [0.1, 0.15) is 31.2 Å². The molecular formula is C13H17N3. The Hall–Kier alpha value is -1.69. The van der Waals surface area contributed by atoms with Crippen LogP contribution in [-0.4, -0.2) is 6.54 Å². The quantitative estimate of drug-likeness (QED) is 0.762. The van der Waals surface area contributed by atoms with Crippen LogP contribution in [0.3, 0.4) is 0 Å². The van der Waals surface area contributed by atoms with Crippen molar-refractivity contribution in [2.75, 3.05) is 17.6 Å². The molecular weight excluding hydrogens is 198 g/mol. The summed E-state index contributed by atoms with van der Waals surface area (Å²) in [4.78, 5) is 0. The van der Waals surface area contributed by atoms with Gasteiger partial charge in [-0.1, -0.05) is 12.8 Å². The Balaban J connectivity index is 2.00. The molecule has 1 aliphatic carbocycles. The monoisotopic (exact) mass is 215 g/mol. The highest BCUT2D eigenvalue weighted by atomic mass is 14.9. The predicted octanol–water partition coefficient (Wildman–Crippen LogP) is 2.74. The second-order valence-electron chi connectivity index (χ2n) is 4.45. The van der Waals surface area contributed by atoms with Crippen LogP contribution in [0.15, 0.2) is 18.2 Å². The summed E-state index contributed by atoms with van der Waals surface area (Å²) < 4.78 is 0. The van der Waals surface area contributed by atoms with E-state index in [-0.39, 0.29) is 0 Å². The second kappa shape index (κ2) is 4.89. The lowest BCUT2D eigenvalue weighted by Crippen LogP contribution is -2.12. The summed E-state index contributed by atoms with van der Waals surface area (Å²) in [6, 6.07) is 7.48. The van der Waals surface area contributed by atoms with Gasteiger partial charge in [-0.15, -0.1) is 0 Å². The molecule has 0 radical (unpaired) electrons. The van der Waals surface area contributed by atoms with Crippen LogP contribution in [0.4, 0.5) is 11.4 Å². The van der Waals surface area contributed by atoms with Crippen LogP contribution in [-0.2, 0) is 0 Å². The predicted molar refractivity (Wildman–Crippen MR) is 66.0 cm³/mol. The number of nitriles is 1. The number of anilines is 2. The first-order valence-electron chi connectivity index (χ1n) is 5.83. The maximum absolute atomic E-state index is 8.81. The Bertz CT molecular complexity index is 400. The Labute approximate surface area is 96.3 Å². The van der Waals surface area contributed by atoms with Crippen molar-refractivity contribution >= 4 is 11.4 Å². The molecule has 1 aromatic rings. The van der Waals surface area contributed by atoms with Gasteiger partial charge < -0.3 is 11.1 Å². The first-order valence-corrected chi connectivity index (χ1v) is 5.83. The van der Waals surface area contributed by atoms with Crippen molar-refractivity contribution in [3.05, 3.63) is 23.8 Å². The number of nitrogen functional groups attached to an aromatic ring is 1. The van der Waals surface area contributed by atoms with E-state index in [1.807, 2.05) is 6.07 Å². The number of nitrogens with two attached hydrogens (primary N) is 1. The van der Waals surface area contributed by atoms with E-state index in [9.17, 15) is 0 Å². The Morgan fingerprint density at radius 2 is 2.12 bits per heavy atom. The van der Waals surface area contributed by atoms with E-state index in [4.69, 9.17) is 11.0 Å². The lowest BCUT2D eigenvalue weighted by Gasteiger charge is -2.13.